The number of H-pyrrole nitrogens is 1. The number of hydrogen-bond acceptors (Lipinski definition) is 3. The molecule has 0 unspecified atom stereocenters. The number of benzene rings is 2. The van der Waals surface area contributed by atoms with Gasteiger partial charge >= 0.3 is 0 Å². The molecule has 2 heterocycles. The SMILES string of the molecule is O=C(NCc1ccccc1)c1nncc2c1[nH]c1ccccc12. The summed E-state index contributed by atoms with van der Waals surface area (Å²) in [6.45, 7) is 0.456. The molecule has 2 aromatic carbocycles. The van der Waals surface area contributed by atoms with Crippen LogP contribution in [0.3, 0.4) is 0 Å². The van der Waals surface area contributed by atoms with E-state index < -0.39 is 0 Å². The highest BCUT2D eigenvalue weighted by molar-refractivity contribution is 6.13. The molecule has 0 bridgehead atoms. The van der Waals surface area contributed by atoms with Crippen LogP contribution in [0.5, 0.6) is 0 Å². The number of rotatable bonds is 3. The van der Waals surface area contributed by atoms with Crippen LogP contribution in [0, 0.1) is 0 Å². The second-order valence-electron chi connectivity index (χ2n) is 5.32. The maximum atomic E-state index is 12.5. The van der Waals surface area contributed by atoms with Crippen LogP contribution < -0.4 is 5.32 Å². The first kappa shape index (κ1) is 13.5. The minimum atomic E-state index is -0.237. The molecule has 112 valence electrons. The van der Waals surface area contributed by atoms with Crippen LogP contribution in [0.1, 0.15) is 16.1 Å². The van der Waals surface area contributed by atoms with Crippen molar-refractivity contribution in [2.75, 3.05) is 0 Å². The molecule has 0 aliphatic rings. The third-order valence-corrected chi connectivity index (χ3v) is 3.84. The lowest BCUT2D eigenvalue weighted by molar-refractivity contribution is 0.0946. The van der Waals surface area contributed by atoms with Crippen LogP contribution >= 0.6 is 0 Å². The Morgan fingerprint density at radius 3 is 2.65 bits per heavy atom. The van der Waals surface area contributed by atoms with Gasteiger partial charge in [0.1, 0.15) is 0 Å². The molecule has 0 saturated heterocycles. The first-order chi connectivity index (χ1) is 11.3. The second kappa shape index (κ2) is 5.53. The van der Waals surface area contributed by atoms with E-state index in [1.54, 1.807) is 6.20 Å². The summed E-state index contributed by atoms with van der Waals surface area (Å²) in [5.74, 6) is -0.237. The van der Waals surface area contributed by atoms with Crippen LogP contribution in [0.2, 0.25) is 0 Å². The predicted octanol–water partition coefficient (Wildman–Crippen LogP) is 3.04. The van der Waals surface area contributed by atoms with Crippen molar-refractivity contribution < 1.29 is 4.79 Å². The molecule has 1 amide bonds. The molecule has 5 nitrogen and oxygen atoms in total. The highest BCUT2D eigenvalue weighted by atomic mass is 16.1. The molecule has 4 rings (SSSR count). The van der Waals surface area contributed by atoms with Crippen molar-refractivity contribution in [1.82, 2.24) is 20.5 Å². The third kappa shape index (κ3) is 2.42. The quantitative estimate of drug-likeness (QED) is 0.611. The number of hydrogen-bond donors (Lipinski definition) is 2. The van der Waals surface area contributed by atoms with E-state index in [1.807, 2.05) is 54.6 Å². The van der Waals surface area contributed by atoms with Crippen molar-refractivity contribution in [3.05, 3.63) is 72.1 Å². The molecular weight excluding hydrogens is 288 g/mol. The fraction of sp³-hybridized carbons (Fsp3) is 0.0556. The molecule has 23 heavy (non-hydrogen) atoms. The van der Waals surface area contributed by atoms with Gasteiger partial charge in [-0.3, -0.25) is 4.79 Å². The first-order valence-electron chi connectivity index (χ1n) is 7.37. The minimum Gasteiger partial charge on any atom is -0.352 e. The molecule has 0 spiro atoms. The van der Waals surface area contributed by atoms with E-state index in [9.17, 15) is 4.79 Å². The Labute approximate surface area is 132 Å². The van der Waals surface area contributed by atoms with Crippen LogP contribution in [-0.2, 0) is 6.54 Å². The predicted molar refractivity (Wildman–Crippen MR) is 89.0 cm³/mol. The molecule has 0 atom stereocenters. The van der Waals surface area contributed by atoms with Gasteiger partial charge in [-0.05, 0) is 11.6 Å². The maximum Gasteiger partial charge on any atom is 0.274 e. The number of nitrogens with zero attached hydrogens (tertiary/aromatic N) is 2. The monoisotopic (exact) mass is 302 g/mol. The molecule has 2 aromatic heterocycles. The van der Waals surface area contributed by atoms with Gasteiger partial charge in [-0.2, -0.15) is 5.10 Å². The van der Waals surface area contributed by atoms with E-state index >= 15 is 0 Å². The van der Waals surface area contributed by atoms with Gasteiger partial charge in [0.25, 0.3) is 5.91 Å². The number of aromatic amines is 1. The summed E-state index contributed by atoms with van der Waals surface area (Å²) in [5, 5.41) is 12.8. The normalized spacial score (nSPS) is 11.0. The third-order valence-electron chi connectivity index (χ3n) is 3.84. The molecule has 2 N–H and O–H groups in total. The van der Waals surface area contributed by atoms with Gasteiger partial charge in [-0.15, -0.1) is 5.10 Å². The van der Waals surface area contributed by atoms with E-state index in [-0.39, 0.29) is 5.91 Å². The largest absolute Gasteiger partial charge is 0.352 e. The van der Waals surface area contributed by atoms with E-state index in [1.165, 1.54) is 0 Å². The summed E-state index contributed by atoms with van der Waals surface area (Å²) < 4.78 is 0. The molecule has 0 aliphatic carbocycles. The number of fused-ring (bicyclic) bond motifs is 3. The zero-order valence-corrected chi connectivity index (χ0v) is 12.3. The molecule has 0 aliphatic heterocycles. The Morgan fingerprint density at radius 1 is 1.00 bits per heavy atom. The Balaban J connectivity index is 1.69. The highest BCUT2D eigenvalue weighted by Crippen LogP contribution is 2.25. The van der Waals surface area contributed by atoms with Gasteiger partial charge in [0.15, 0.2) is 5.69 Å². The van der Waals surface area contributed by atoms with Crippen molar-refractivity contribution in [2.45, 2.75) is 6.54 Å². The number of aromatic nitrogens is 3. The Morgan fingerprint density at radius 2 is 1.78 bits per heavy atom. The van der Waals surface area contributed by atoms with E-state index in [0.29, 0.717) is 17.8 Å². The molecule has 0 saturated carbocycles. The lowest BCUT2D eigenvalue weighted by atomic mass is 10.2. The van der Waals surface area contributed by atoms with Crippen LogP contribution in [0.25, 0.3) is 21.8 Å². The summed E-state index contributed by atoms with van der Waals surface area (Å²) in [4.78, 5) is 15.7. The van der Waals surface area contributed by atoms with Crippen molar-refractivity contribution in [1.29, 1.82) is 0 Å². The average Bonchev–Trinajstić information content (AvgIpc) is 2.99. The summed E-state index contributed by atoms with van der Waals surface area (Å²) >= 11 is 0. The lowest BCUT2D eigenvalue weighted by Gasteiger charge is -2.05. The molecule has 0 fully saturated rings. The van der Waals surface area contributed by atoms with Crippen LogP contribution in [0.4, 0.5) is 0 Å². The van der Waals surface area contributed by atoms with Gasteiger partial charge in [-0.1, -0.05) is 48.5 Å². The van der Waals surface area contributed by atoms with Crippen LogP contribution in [-0.4, -0.2) is 21.1 Å². The molecular formula is C18H14N4O. The maximum absolute atomic E-state index is 12.5. The lowest BCUT2D eigenvalue weighted by Crippen LogP contribution is -2.24. The fourth-order valence-electron chi connectivity index (χ4n) is 2.70. The van der Waals surface area contributed by atoms with Crippen LogP contribution in [0.15, 0.2) is 60.8 Å². The number of amides is 1. The minimum absolute atomic E-state index is 0.237. The van der Waals surface area contributed by atoms with Crippen molar-refractivity contribution >= 4 is 27.7 Å². The summed E-state index contributed by atoms with van der Waals surface area (Å²) in [7, 11) is 0. The smallest absolute Gasteiger partial charge is 0.274 e. The summed E-state index contributed by atoms with van der Waals surface area (Å²) in [6.07, 6.45) is 1.68. The Bertz CT molecular complexity index is 992. The van der Waals surface area contributed by atoms with Gasteiger partial charge in [0, 0.05) is 22.8 Å². The Kier molecular flexibility index (Phi) is 3.24. The molecule has 5 heteroatoms. The summed E-state index contributed by atoms with van der Waals surface area (Å²) in [6, 6.07) is 17.7. The first-order valence-corrected chi connectivity index (χ1v) is 7.37. The van der Waals surface area contributed by atoms with Gasteiger partial charge in [-0.25, -0.2) is 0 Å². The topological polar surface area (TPSA) is 70.7 Å². The zero-order chi connectivity index (χ0) is 15.6. The standard InChI is InChI=1S/C18H14N4O/c23-18(19-10-12-6-2-1-3-7-12)17-16-14(11-20-22-17)13-8-4-5-9-15(13)21-16/h1-9,11,21H,10H2,(H,19,23). The van der Waals surface area contributed by atoms with Crippen molar-refractivity contribution in [3.63, 3.8) is 0 Å². The van der Waals surface area contributed by atoms with E-state index in [2.05, 4.69) is 20.5 Å². The van der Waals surface area contributed by atoms with Crippen molar-refractivity contribution in [2.24, 2.45) is 0 Å². The Hall–Kier alpha value is -3.21. The number of para-hydroxylation sites is 1. The van der Waals surface area contributed by atoms with E-state index in [4.69, 9.17) is 0 Å². The van der Waals surface area contributed by atoms with Gasteiger partial charge in [0.2, 0.25) is 0 Å². The van der Waals surface area contributed by atoms with E-state index in [0.717, 1.165) is 21.9 Å². The number of carbonyl (C=O) groups is 1. The highest BCUT2D eigenvalue weighted by Gasteiger charge is 2.15. The molecule has 4 aromatic rings. The van der Waals surface area contributed by atoms with Crippen molar-refractivity contribution in [3.8, 4) is 0 Å². The zero-order valence-electron chi connectivity index (χ0n) is 12.3. The van der Waals surface area contributed by atoms with Gasteiger partial charge in [0.05, 0.1) is 11.7 Å². The number of carbonyl (C=O) groups excluding carboxylic acids is 1. The average molecular weight is 302 g/mol. The number of nitrogens with one attached hydrogen (secondary N) is 2. The summed E-state index contributed by atoms with van der Waals surface area (Å²) in [5.41, 5.74) is 3.04. The molecule has 0 radical (unpaired) electrons. The van der Waals surface area contributed by atoms with Gasteiger partial charge < -0.3 is 10.3 Å². The fourth-order valence-corrected chi connectivity index (χ4v) is 2.70. The second-order valence-corrected chi connectivity index (χ2v) is 5.32.